The number of benzene rings is 1. The van der Waals surface area contributed by atoms with Gasteiger partial charge in [0.15, 0.2) is 5.82 Å². The van der Waals surface area contributed by atoms with Crippen LogP contribution in [0.1, 0.15) is 18.7 Å². The highest BCUT2D eigenvalue weighted by Crippen LogP contribution is 2.21. The number of aryl methyl sites for hydroxylation is 1. The number of carbonyl (C=O) groups is 1. The molecule has 0 saturated carbocycles. The predicted octanol–water partition coefficient (Wildman–Crippen LogP) is 3.69. The first-order chi connectivity index (χ1) is 17.5. The summed E-state index contributed by atoms with van der Waals surface area (Å²) in [6.45, 7) is 3.51. The Bertz CT molecular complexity index is 1580. The predicted molar refractivity (Wildman–Crippen MR) is 134 cm³/mol. The highest BCUT2D eigenvalue weighted by Gasteiger charge is 2.25. The van der Waals surface area contributed by atoms with Gasteiger partial charge < -0.3 is 14.8 Å². The Kier molecular flexibility index (Phi) is 5.55. The van der Waals surface area contributed by atoms with E-state index < -0.39 is 0 Å². The minimum atomic E-state index is -0.359. The number of halogens is 1. The molecule has 5 aromatic rings. The second-order valence-corrected chi connectivity index (χ2v) is 9.04. The van der Waals surface area contributed by atoms with Crippen molar-refractivity contribution >= 4 is 28.4 Å². The lowest BCUT2D eigenvalue weighted by Crippen LogP contribution is -2.46. The molecule has 1 fully saturated rings. The molecule has 0 radical (unpaired) electrons. The van der Waals surface area contributed by atoms with Crippen molar-refractivity contribution < 1.29 is 9.18 Å². The lowest BCUT2D eigenvalue weighted by molar-refractivity contribution is -0.132. The van der Waals surface area contributed by atoms with Gasteiger partial charge in [0, 0.05) is 31.5 Å². The van der Waals surface area contributed by atoms with Crippen LogP contribution in [-0.4, -0.2) is 58.8 Å². The van der Waals surface area contributed by atoms with Gasteiger partial charge in [-0.1, -0.05) is 12.1 Å². The molecule has 0 spiro atoms. The zero-order chi connectivity index (χ0) is 24.6. The maximum atomic E-state index is 13.8. The van der Waals surface area contributed by atoms with E-state index in [0.717, 1.165) is 36.2 Å². The fourth-order valence-electron chi connectivity index (χ4n) is 4.84. The van der Waals surface area contributed by atoms with Crippen molar-refractivity contribution in [1.82, 2.24) is 33.8 Å². The molecule has 1 N–H and O–H groups in total. The van der Waals surface area contributed by atoms with Crippen molar-refractivity contribution in [2.24, 2.45) is 0 Å². The molecule has 9 nitrogen and oxygen atoms in total. The fourth-order valence-corrected chi connectivity index (χ4v) is 4.84. The molecule has 182 valence electrons. The van der Waals surface area contributed by atoms with E-state index in [0.29, 0.717) is 29.5 Å². The third-order valence-corrected chi connectivity index (χ3v) is 6.62. The molecular weight excluding hydrogens is 459 g/mol. The zero-order valence-electron chi connectivity index (χ0n) is 19.8. The van der Waals surface area contributed by atoms with Gasteiger partial charge in [-0.15, -0.1) is 0 Å². The minimum Gasteiger partial charge on any atom is -0.365 e. The van der Waals surface area contributed by atoms with E-state index in [4.69, 9.17) is 0 Å². The summed E-state index contributed by atoms with van der Waals surface area (Å²) in [5.74, 6) is 1.65. The third kappa shape index (κ3) is 4.15. The van der Waals surface area contributed by atoms with Crippen molar-refractivity contribution in [2.75, 3.05) is 18.4 Å². The summed E-state index contributed by atoms with van der Waals surface area (Å²) in [6.07, 6.45) is 6.50. The summed E-state index contributed by atoms with van der Waals surface area (Å²) in [5.41, 5.74) is 3.09. The molecule has 1 amide bonds. The number of hydrogen-bond donors (Lipinski definition) is 1. The van der Waals surface area contributed by atoms with Crippen molar-refractivity contribution in [1.29, 1.82) is 0 Å². The Labute approximate surface area is 206 Å². The number of carbonyl (C=O) groups excluding carboxylic acids is 1. The number of likely N-dealkylation sites (tertiary alicyclic amines) is 1. The van der Waals surface area contributed by atoms with Gasteiger partial charge >= 0.3 is 0 Å². The summed E-state index contributed by atoms with van der Waals surface area (Å²) < 4.78 is 17.4. The molecule has 0 unspecified atom stereocenters. The van der Waals surface area contributed by atoms with E-state index in [1.54, 1.807) is 28.9 Å². The number of imidazole rings is 2. The molecule has 1 aromatic carbocycles. The molecule has 0 aliphatic carbocycles. The Morgan fingerprint density at radius 2 is 2.03 bits per heavy atom. The molecule has 0 bridgehead atoms. The fraction of sp³-hybridized carbons (Fsp3) is 0.269. The maximum Gasteiger partial charge on any atom is 0.242 e. The van der Waals surface area contributed by atoms with Gasteiger partial charge in [0.1, 0.15) is 35.3 Å². The molecule has 6 rings (SSSR count). The largest absolute Gasteiger partial charge is 0.365 e. The second-order valence-electron chi connectivity index (χ2n) is 9.04. The Morgan fingerprint density at radius 3 is 2.94 bits per heavy atom. The van der Waals surface area contributed by atoms with Gasteiger partial charge in [-0.3, -0.25) is 9.20 Å². The van der Waals surface area contributed by atoms with Crippen LogP contribution in [0.2, 0.25) is 0 Å². The van der Waals surface area contributed by atoms with Gasteiger partial charge in [-0.05, 0) is 50.1 Å². The SMILES string of the molecule is Cc1nc2ccccc2n1CC(=O)N1CCC[C@@H](Nc2ccnc(-c3cnc4ccc(F)cn34)n2)C1. The van der Waals surface area contributed by atoms with Crippen molar-refractivity contribution in [3.8, 4) is 11.5 Å². The normalized spacial score (nSPS) is 16.1. The molecule has 1 aliphatic rings. The van der Waals surface area contributed by atoms with Crippen molar-refractivity contribution in [2.45, 2.75) is 32.4 Å². The topological polar surface area (TPSA) is 93.2 Å². The molecule has 5 heterocycles. The van der Waals surface area contributed by atoms with E-state index in [2.05, 4.69) is 25.3 Å². The summed E-state index contributed by atoms with van der Waals surface area (Å²) in [7, 11) is 0. The number of nitrogens with one attached hydrogen (secondary N) is 1. The molecule has 4 aromatic heterocycles. The number of hydrogen-bond acceptors (Lipinski definition) is 6. The maximum absolute atomic E-state index is 13.8. The lowest BCUT2D eigenvalue weighted by Gasteiger charge is -2.33. The monoisotopic (exact) mass is 484 g/mol. The third-order valence-electron chi connectivity index (χ3n) is 6.62. The van der Waals surface area contributed by atoms with Crippen LogP contribution in [0.15, 0.2) is 61.1 Å². The number of aromatic nitrogens is 6. The molecule has 1 atom stereocenters. The zero-order valence-corrected chi connectivity index (χ0v) is 19.8. The van der Waals surface area contributed by atoms with Crippen LogP contribution in [-0.2, 0) is 11.3 Å². The van der Waals surface area contributed by atoms with Crippen LogP contribution in [0.5, 0.6) is 0 Å². The van der Waals surface area contributed by atoms with Gasteiger partial charge in [0.25, 0.3) is 0 Å². The van der Waals surface area contributed by atoms with Crippen molar-refractivity contribution in [3.63, 3.8) is 0 Å². The van der Waals surface area contributed by atoms with Crippen LogP contribution in [0.3, 0.4) is 0 Å². The Morgan fingerprint density at radius 1 is 1.14 bits per heavy atom. The first kappa shape index (κ1) is 22.1. The minimum absolute atomic E-state index is 0.0608. The molecular formula is C26H25FN8O. The Hall–Kier alpha value is -4.34. The number of pyridine rings is 1. The summed E-state index contributed by atoms with van der Waals surface area (Å²) >= 11 is 0. The van der Waals surface area contributed by atoms with E-state index in [9.17, 15) is 9.18 Å². The van der Waals surface area contributed by atoms with Gasteiger partial charge in [0.2, 0.25) is 5.91 Å². The van der Waals surface area contributed by atoms with Crippen LogP contribution < -0.4 is 5.32 Å². The first-order valence-corrected chi connectivity index (χ1v) is 12.0. The highest BCUT2D eigenvalue weighted by atomic mass is 19.1. The summed E-state index contributed by atoms with van der Waals surface area (Å²) in [5, 5.41) is 3.46. The van der Waals surface area contributed by atoms with Crippen LogP contribution >= 0.6 is 0 Å². The average molecular weight is 485 g/mol. The number of piperidine rings is 1. The number of anilines is 1. The van der Waals surface area contributed by atoms with Gasteiger partial charge in [0.05, 0.1) is 17.2 Å². The number of fused-ring (bicyclic) bond motifs is 2. The van der Waals surface area contributed by atoms with E-state index in [-0.39, 0.29) is 24.3 Å². The Balaban J connectivity index is 1.17. The standard InChI is InChI=1S/C26H25FN8O/c1-17-30-20-6-2-3-7-21(20)34(17)16-25(36)33-12-4-5-19(15-33)31-23-10-11-28-26(32-23)22-13-29-24-9-8-18(27)14-35(22)24/h2-3,6-11,13-14,19H,4-5,12,15-16H2,1H3,(H,28,31,32)/t19-/m1/s1. The van der Waals surface area contributed by atoms with Crippen molar-refractivity contribution in [3.05, 3.63) is 72.7 Å². The van der Waals surface area contributed by atoms with Crippen LogP contribution in [0, 0.1) is 12.7 Å². The lowest BCUT2D eigenvalue weighted by atomic mass is 10.1. The number of amides is 1. The highest BCUT2D eigenvalue weighted by molar-refractivity contribution is 5.81. The van der Waals surface area contributed by atoms with Crippen LogP contribution in [0.25, 0.3) is 28.2 Å². The molecule has 1 aliphatic heterocycles. The number of nitrogens with zero attached hydrogens (tertiary/aromatic N) is 7. The van der Waals surface area contributed by atoms with E-state index >= 15 is 0 Å². The van der Waals surface area contributed by atoms with E-state index in [1.807, 2.05) is 40.7 Å². The smallest absolute Gasteiger partial charge is 0.242 e. The van der Waals surface area contributed by atoms with Gasteiger partial charge in [-0.2, -0.15) is 0 Å². The molecule has 36 heavy (non-hydrogen) atoms. The molecule has 1 saturated heterocycles. The van der Waals surface area contributed by atoms with Gasteiger partial charge in [-0.25, -0.2) is 24.3 Å². The first-order valence-electron chi connectivity index (χ1n) is 12.0. The summed E-state index contributed by atoms with van der Waals surface area (Å²) in [4.78, 5) is 33.0. The van der Waals surface area contributed by atoms with Crippen LogP contribution in [0.4, 0.5) is 10.2 Å². The quantitative estimate of drug-likeness (QED) is 0.409. The molecule has 10 heteroatoms. The average Bonchev–Trinajstić information content (AvgIpc) is 3.44. The summed E-state index contributed by atoms with van der Waals surface area (Å²) in [6, 6.07) is 12.7. The second kappa shape index (κ2) is 9.03. The number of rotatable bonds is 5. The number of para-hydroxylation sites is 2. The van der Waals surface area contributed by atoms with E-state index in [1.165, 1.54) is 12.3 Å².